The summed E-state index contributed by atoms with van der Waals surface area (Å²) in [6, 6.07) is 13.5. The zero-order chi connectivity index (χ0) is 23.3. The van der Waals surface area contributed by atoms with Crippen LogP contribution >= 0.6 is 0 Å². The summed E-state index contributed by atoms with van der Waals surface area (Å²) in [7, 11) is 5.30. The predicted molar refractivity (Wildman–Crippen MR) is 123 cm³/mol. The van der Waals surface area contributed by atoms with Crippen LogP contribution in [0.5, 0.6) is 11.5 Å². The Morgan fingerprint density at radius 1 is 1.12 bits per heavy atom. The van der Waals surface area contributed by atoms with Crippen molar-refractivity contribution in [2.45, 2.75) is 19.4 Å². The van der Waals surface area contributed by atoms with Gasteiger partial charge < -0.3 is 24.4 Å². The maximum Gasteiger partial charge on any atom is 0.295 e. The van der Waals surface area contributed by atoms with E-state index < -0.39 is 17.7 Å². The first-order valence-corrected chi connectivity index (χ1v) is 10.7. The topological polar surface area (TPSA) is 79.3 Å². The Kier molecular flexibility index (Phi) is 7.53. The molecule has 32 heavy (non-hydrogen) atoms. The number of aliphatic hydroxyl groups excluding tert-OH is 1. The van der Waals surface area contributed by atoms with Crippen molar-refractivity contribution in [3.05, 3.63) is 65.2 Å². The maximum atomic E-state index is 13.1. The van der Waals surface area contributed by atoms with Crippen molar-refractivity contribution in [1.82, 2.24) is 9.80 Å². The van der Waals surface area contributed by atoms with Gasteiger partial charge in [0.2, 0.25) is 0 Å². The number of para-hydroxylation sites is 1. The molecule has 1 atom stereocenters. The van der Waals surface area contributed by atoms with Gasteiger partial charge in [-0.25, -0.2) is 0 Å². The second-order valence-corrected chi connectivity index (χ2v) is 7.92. The quantitative estimate of drug-likeness (QED) is 0.367. The number of methoxy groups -OCH3 is 1. The van der Waals surface area contributed by atoms with Gasteiger partial charge in [-0.1, -0.05) is 31.2 Å². The standard InChI is InChI=1S/C25H30N2O5/c1-5-15-32-18-10-8-9-17(16-18)22-21(23(28)19-11-6-7-12-20(19)31-4)24(29)25(30)27(22)14-13-26(2)3/h6-12,16,22,28H,5,13-15H2,1-4H3/b23-21+. The van der Waals surface area contributed by atoms with Crippen LogP contribution in [0.15, 0.2) is 54.1 Å². The van der Waals surface area contributed by atoms with E-state index >= 15 is 0 Å². The van der Waals surface area contributed by atoms with Gasteiger partial charge in [-0.15, -0.1) is 0 Å². The van der Waals surface area contributed by atoms with Crippen molar-refractivity contribution in [2.75, 3.05) is 40.9 Å². The van der Waals surface area contributed by atoms with E-state index in [4.69, 9.17) is 9.47 Å². The molecule has 1 heterocycles. The average molecular weight is 439 g/mol. The molecule has 3 rings (SSSR count). The number of rotatable bonds is 9. The number of carbonyl (C=O) groups is 2. The first-order valence-electron chi connectivity index (χ1n) is 10.7. The number of carbonyl (C=O) groups excluding carboxylic acids is 2. The molecule has 0 saturated carbocycles. The van der Waals surface area contributed by atoms with Crippen molar-refractivity contribution in [3.8, 4) is 11.5 Å². The van der Waals surface area contributed by atoms with E-state index in [0.29, 0.717) is 42.3 Å². The highest BCUT2D eigenvalue weighted by molar-refractivity contribution is 6.46. The fourth-order valence-electron chi connectivity index (χ4n) is 3.74. The number of amides is 1. The van der Waals surface area contributed by atoms with Crippen LogP contribution < -0.4 is 9.47 Å². The number of nitrogens with zero attached hydrogens (tertiary/aromatic N) is 2. The summed E-state index contributed by atoms with van der Waals surface area (Å²) in [5.41, 5.74) is 1.11. The lowest BCUT2D eigenvalue weighted by Crippen LogP contribution is -2.35. The third kappa shape index (κ3) is 4.78. The highest BCUT2D eigenvalue weighted by Crippen LogP contribution is 2.41. The highest BCUT2D eigenvalue weighted by atomic mass is 16.5. The highest BCUT2D eigenvalue weighted by Gasteiger charge is 2.46. The van der Waals surface area contributed by atoms with E-state index in [1.807, 2.05) is 50.2 Å². The molecule has 0 radical (unpaired) electrons. The van der Waals surface area contributed by atoms with Gasteiger partial charge in [0.05, 0.1) is 30.9 Å². The Hall–Kier alpha value is -3.32. The molecule has 1 aliphatic rings. The van der Waals surface area contributed by atoms with Crippen molar-refractivity contribution in [2.24, 2.45) is 0 Å². The van der Waals surface area contributed by atoms with Crippen LogP contribution in [-0.4, -0.2) is 67.5 Å². The number of ether oxygens (including phenoxy) is 2. The Labute approximate surface area is 188 Å². The maximum absolute atomic E-state index is 13.1. The molecule has 7 nitrogen and oxygen atoms in total. The van der Waals surface area contributed by atoms with Gasteiger partial charge in [0.25, 0.3) is 11.7 Å². The number of ketones is 1. The number of Topliss-reactive ketones (excluding diaryl/α,β-unsaturated/α-hetero) is 1. The Morgan fingerprint density at radius 2 is 1.88 bits per heavy atom. The molecule has 0 aliphatic carbocycles. The fraction of sp³-hybridized carbons (Fsp3) is 0.360. The zero-order valence-electron chi connectivity index (χ0n) is 19.0. The smallest absolute Gasteiger partial charge is 0.295 e. The molecular weight excluding hydrogens is 408 g/mol. The largest absolute Gasteiger partial charge is 0.507 e. The van der Waals surface area contributed by atoms with Crippen LogP contribution in [0.3, 0.4) is 0 Å². The average Bonchev–Trinajstić information content (AvgIpc) is 3.05. The van der Waals surface area contributed by atoms with Gasteiger partial charge in [0.15, 0.2) is 0 Å². The SMILES string of the molecule is CCCOc1cccc(C2/C(=C(\O)c3ccccc3OC)C(=O)C(=O)N2CCN(C)C)c1. The van der Waals surface area contributed by atoms with E-state index in [0.717, 1.165) is 6.42 Å². The van der Waals surface area contributed by atoms with E-state index in [9.17, 15) is 14.7 Å². The van der Waals surface area contributed by atoms with Crippen LogP contribution in [-0.2, 0) is 9.59 Å². The van der Waals surface area contributed by atoms with Crippen LogP contribution in [0.4, 0.5) is 0 Å². The second kappa shape index (κ2) is 10.3. The van der Waals surface area contributed by atoms with E-state index in [1.54, 1.807) is 24.3 Å². The zero-order valence-corrected chi connectivity index (χ0v) is 19.0. The Balaban J connectivity index is 2.15. The van der Waals surface area contributed by atoms with Crippen molar-refractivity contribution >= 4 is 17.4 Å². The molecule has 0 spiro atoms. The van der Waals surface area contributed by atoms with Crippen LogP contribution in [0.2, 0.25) is 0 Å². The van der Waals surface area contributed by atoms with Crippen molar-refractivity contribution in [3.63, 3.8) is 0 Å². The molecular formula is C25H30N2O5. The molecule has 7 heteroatoms. The predicted octanol–water partition coefficient (Wildman–Crippen LogP) is 3.47. The lowest BCUT2D eigenvalue weighted by atomic mass is 9.95. The van der Waals surface area contributed by atoms with Crippen LogP contribution in [0.1, 0.15) is 30.5 Å². The molecule has 170 valence electrons. The minimum absolute atomic E-state index is 0.0471. The summed E-state index contributed by atoms with van der Waals surface area (Å²) < 4.78 is 11.1. The van der Waals surface area contributed by atoms with Crippen LogP contribution in [0.25, 0.3) is 5.76 Å². The van der Waals surface area contributed by atoms with Gasteiger partial charge >= 0.3 is 0 Å². The molecule has 0 aromatic heterocycles. The first kappa shape index (κ1) is 23.3. The molecule has 2 aromatic carbocycles. The van der Waals surface area contributed by atoms with Gasteiger partial charge in [-0.3, -0.25) is 9.59 Å². The summed E-state index contributed by atoms with van der Waals surface area (Å²) >= 11 is 0. The normalized spacial score (nSPS) is 17.8. The van der Waals surface area contributed by atoms with Gasteiger partial charge in [0.1, 0.15) is 17.3 Å². The molecule has 1 unspecified atom stereocenters. The molecule has 1 amide bonds. The summed E-state index contributed by atoms with van der Waals surface area (Å²) in [6.07, 6.45) is 0.860. The molecule has 1 N–H and O–H groups in total. The Morgan fingerprint density at radius 3 is 2.56 bits per heavy atom. The number of aliphatic hydroxyl groups is 1. The van der Waals surface area contributed by atoms with Crippen LogP contribution in [0, 0.1) is 0 Å². The van der Waals surface area contributed by atoms with Crippen molar-refractivity contribution in [1.29, 1.82) is 0 Å². The first-order chi connectivity index (χ1) is 15.4. The van der Waals surface area contributed by atoms with Gasteiger partial charge in [0, 0.05) is 13.1 Å². The summed E-state index contributed by atoms with van der Waals surface area (Å²) in [4.78, 5) is 29.6. The molecule has 1 fully saturated rings. The number of hydrogen-bond acceptors (Lipinski definition) is 6. The summed E-state index contributed by atoms with van der Waals surface area (Å²) in [6.45, 7) is 3.49. The molecule has 1 saturated heterocycles. The summed E-state index contributed by atoms with van der Waals surface area (Å²) in [5, 5.41) is 11.2. The second-order valence-electron chi connectivity index (χ2n) is 7.92. The lowest BCUT2D eigenvalue weighted by Gasteiger charge is -2.27. The Bertz CT molecular complexity index is 1010. The van der Waals surface area contributed by atoms with Gasteiger partial charge in [-0.2, -0.15) is 0 Å². The monoisotopic (exact) mass is 438 g/mol. The van der Waals surface area contributed by atoms with E-state index in [-0.39, 0.29) is 11.3 Å². The van der Waals surface area contributed by atoms with Gasteiger partial charge in [-0.05, 0) is 50.3 Å². The van der Waals surface area contributed by atoms with E-state index in [1.165, 1.54) is 12.0 Å². The number of benzene rings is 2. The van der Waals surface area contributed by atoms with Crippen molar-refractivity contribution < 1.29 is 24.2 Å². The fourth-order valence-corrected chi connectivity index (χ4v) is 3.74. The minimum atomic E-state index is -0.731. The minimum Gasteiger partial charge on any atom is -0.507 e. The number of likely N-dealkylation sites (tertiary alicyclic amines) is 1. The molecule has 0 bridgehead atoms. The summed E-state index contributed by atoms with van der Waals surface area (Å²) in [5.74, 6) is -0.522. The molecule has 2 aromatic rings. The third-order valence-corrected chi connectivity index (χ3v) is 5.34. The number of likely N-dealkylation sites (N-methyl/N-ethyl adjacent to an activating group) is 1. The molecule has 1 aliphatic heterocycles. The lowest BCUT2D eigenvalue weighted by molar-refractivity contribution is -0.140. The third-order valence-electron chi connectivity index (χ3n) is 5.34. The number of hydrogen-bond donors (Lipinski definition) is 1. The van der Waals surface area contributed by atoms with E-state index in [2.05, 4.69) is 0 Å².